The van der Waals surface area contributed by atoms with Crippen LogP contribution in [0.4, 0.5) is 18.9 Å². The summed E-state index contributed by atoms with van der Waals surface area (Å²) in [4.78, 5) is -0.589. The number of sulfonamides is 1. The van der Waals surface area contributed by atoms with Crippen LogP contribution in [0.25, 0.3) is 12.2 Å². The molecule has 0 spiro atoms. The van der Waals surface area contributed by atoms with Crippen molar-refractivity contribution in [1.29, 1.82) is 0 Å². The highest BCUT2D eigenvalue weighted by molar-refractivity contribution is 7.92. The molecular formula is C25H24F3NO7S. The third kappa shape index (κ3) is 6.20. The van der Waals surface area contributed by atoms with Crippen LogP contribution in [0.1, 0.15) is 16.7 Å². The first-order valence-corrected chi connectivity index (χ1v) is 12.0. The molecule has 37 heavy (non-hydrogen) atoms. The number of ether oxygens (including phenoxy) is 4. The van der Waals surface area contributed by atoms with Crippen molar-refractivity contribution in [3.05, 3.63) is 65.2 Å². The Balaban J connectivity index is 2.06. The van der Waals surface area contributed by atoms with Crippen LogP contribution >= 0.6 is 0 Å². The van der Waals surface area contributed by atoms with E-state index in [0.717, 1.165) is 18.2 Å². The number of rotatable bonds is 9. The molecule has 0 aliphatic rings. The summed E-state index contributed by atoms with van der Waals surface area (Å²) in [6.07, 6.45) is -1.64. The van der Waals surface area contributed by atoms with E-state index in [1.54, 1.807) is 18.2 Å². The summed E-state index contributed by atoms with van der Waals surface area (Å²) >= 11 is 0. The highest BCUT2D eigenvalue weighted by Crippen LogP contribution is 2.39. The van der Waals surface area contributed by atoms with Crippen LogP contribution < -0.4 is 23.7 Å². The first kappa shape index (κ1) is 27.5. The Hall–Kier alpha value is -4.06. The van der Waals surface area contributed by atoms with Gasteiger partial charge in [0.25, 0.3) is 10.0 Å². The SMILES string of the molecule is COc1cc(NS(=O)(=O)c2cccc(C(F)(F)F)c2)c(/C=C\c2cc(OC)c(OC)c(OC)c2)cc1O. The number of phenolic OH excluding ortho intramolecular Hbond substituents is 1. The Labute approximate surface area is 211 Å². The lowest BCUT2D eigenvalue weighted by Gasteiger charge is -2.15. The van der Waals surface area contributed by atoms with Gasteiger partial charge >= 0.3 is 6.18 Å². The van der Waals surface area contributed by atoms with Gasteiger partial charge in [0.1, 0.15) is 0 Å². The third-order valence-corrected chi connectivity index (χ3v) is 6.57. The average molecular weight is 540 g/mol. The van der Waals surface area contributed by atoms with Gasteiger partial charge in [-0.1, -0.05) is 18.2 Å². The highest BCUT2D eigenvalue weighted by Gasteiger charge is 2.31. The number of hydrogen-bond acceptors (Lipinski definition) is 7. The summed E-state index contributed by atoms with van der Waals surface area (Å²) < 4.78 is 88.6. The summed E-state index contributed by atoms with van der Waals surface area (Å²) in [5.41, 5.74) is -0.379. The van der Waals surface area contributed by atoms with Gasteiger partial charge in [0, 0.05) is 11.6 Å². The Kier molecular flexibility index (Phi) is 8.12. The maximum atomic E-state index is 13.1. The lowest BCUT2D eigenvalue weighted by molar-refractivity contribution is -0.137. The van der Waals surface area contributed by atoms with E-state index in [-0.39, 0.29) is 22.7 Å². The van der Waals surface area contributed by atoms with Gasteiger partial charge in [0.2, 0.25) is 5.75 Å². The Morgan fingerprint density at radius 1 is 0.838 bits per heavy atom. The van der Waals surface area contributed by atoms with Gasteiger partial charge in [0.15, 0.2) is 23.0 Å². The first-order valence-electron chi connectivity index (χ1n) is 10.5. The number of anilines is 1. The Morgan fingerprint density at radius 3 is 2.00 bits per heavy atom. The van der Waals surface area contributed by atoms with Crippen LogP contribution in [0.5, 0.6) is 28.7 Å². The van der Waals surface area contributed by atoms with Gasteiger partial charge in [-0.25, -0.2) is 8.42 Å². The number of hydrogen-bond donors (Lipinski definition) is 2. The van der Waals surface area contributed by atoms with E-state index >= 15 is 0 Å². The fraction of sp³-hybridized carbons (Fsp3) is 0.200. The van der Waals surface area contributed by atoms with E-state index in [1.807, 2.05) is 0 Å². The number of methoxy groups -OCH3 is 4. The number of benzene rings is 3. The van der Waals surface area contributed by atoms with Gasteiger partial charge in [-0.3, -0.25) is 4.72 Å². The minimum Gasteiger partial charge on any atom is -0.504 e. The van der Waals surface area contributed by atoms with Gasteiger partial charge in [-0.2, -0.15) is 13.2 Å². The van der Waals surface area contributed by atoms with Crippen molar-refractivity contribution < 1.29 is 45.6 Å². The molecule has 0 aromatic heterocycles. The van der Waals surface area contributed by atoms with E-state index in [4.69, 9.17) is 18.9 Å². The van der Waals surface area contributed by atoms with E-state index in [0.29, 0.717) is 28.9 Å². The van der Waals surface area contributed by atoms with Crippen molar-refractivity contribution >= 4 is 27.9 Å². The zero-order chi connectivity index (χ0) is 27.4. The summed E-state index contributed by atoms with van der Waals surface area (Å²) in [7, 11) is 1.18. The van der Waals surface area contributed by atoms with Gasteiger partial charge in [-0.15, -0.1) is 0 Å². The zero-order valence-electron chi connectivity index (χ0n) is 20.2. The molecule has 12 heteroatoms. The maximum absolute atomic E-state index is 13.1. The molecule has 198 valence electrons. The van der Waals surface area contributed by atoms with Crippen LogP contribution in [-0.4, -0.2) is 42.0 Å². The molecule has 0 atom stereocenters. The number of alkyl halides is 3. The largest absolute Gasteiger partial charge is 0.504 e. The van der Waals surface area contributed by atoms with Crippen LogP contribution in [0.2, 0.25) is 0 Å². The van der Waals surface area contributed by atoms with Crippen molar-refractivity contribution in [2.75, 3.05) is 33.2 Å². The summed E-state index contributed by atoms with van der Waals surface area (Å²) in [5, 5.41) is 10.3. The van der Waals surface area contributed by atoms with Crippen LogP contribution in [-0.2, 0) is 16.2 Å². The minimum absolute atomic E-state index is 0.0456. The molecule has 0 saturated carbocycles. The van der Waals surface area contributed by atoms with Crippen LogP contribution in [0, 0.1) is 0 Å². The maximum Gasteiger partial charge on any atom is 0.416 e. The molecule has 0 amide bonds. The van der Waals surface area contributed by atoms with Gasteiger partial charge < -0.3 is 24.1 Å². The van der Waals surface area contributed by atoms with E-state index in [9.17, 15) is 26.7 Å². The summed E-state index contributed by atoms with van der Waals surface area (Å²) in [6, 6.07) is 9.11. The molecular weight excluding hydrogens is 515 g/mol. The predicted octanol–water partition coefficient (Wildman–Crippen LogP) is 5.42. The number of aromatic hydroxyl groups is 1. The molecule has 0 aliphatic carbocycles. The summed E-state index contributed by atoms with van der Waals surface area (Å²) in [6.45, 7) is 0. The normalized spacial score (nSPS) is 11.9. The molecule has 0 heterocycles. The third-order valence-electron chi connectivity index (χ3n) is 5.21. The standard InChI is InChI=1S/C25H24F3NO7S/c1-33-21-14-19(29-37(31,32)18-7-5-6-17(13-18)25(26,27)28)16(12-20(21)30)9-8-15-10-22(34-2)24(36-4)23(11-15)35-3/h5-14,29-30H,1-4H3/b9-8-. The molecule has 0 fully saturated rings. The van der Waals surface area contributed by atoms with E-state index < -0.39 is 26.7 Å². The van der Waals surface area contributed by atoms with E-state index in [2.05, 4.69) is 4.72 Å². The summed E-state index contributed by atoms with van der Waals surface area (Å²) in [5.74, 6) is 0.800. The zero-order valence-corrected chi connectivity index (χ0v) is 21.0. The van der Waals surface area contributed by atoms with Crippen LogP contribution in [0.3, 0.4) is 0 Å². The fourth-order valence-electron chi connectivity index (χ4n) is 3.40. The second kappa shape index (κ2) is 10.9. The molecule has 0 aliphatic heterocycles. The molecule has 0 unspecified atom stereocenters. The second-order valence-electron chi connectivity index (χ2n) is 7.53. The molecule has 0 bridgehead atoms. The van der Waals surface area contributed by atoms with E-state index in [1.165, 1.54) is 46.6 Å². The van der Waals surface area contributed by atoms with Crippen LogP contribution in [0.15, 0.2) is 53.4 Å². The fourth-order valence-corrected chi connectivity index (χ4v) is 4.53. The van der Waals surface area contributed by atoms with Gasteiger partial charge in [0.05, 0.1) is 44.6 Å². The Bertz CT molecular complexity index is 1400. The average Bonchev–Trinajstić information content (AvgIpc) is 2.87. The molecule has 0 radical (unpaired) electrons. The minimum atomic E-state index is -4.72. The second-order valence-corrected chi connectivity index (χ2v) is 9.22. The lowest BCUT2D eigenvalue weighted by Crippen LogP contribution is -2.15. The van der Waals surface area contributed by atoms with Crippen molar-refractivity contribution in [1.82, 2.24) is 0 Å². The highest BCUT2D eigenvalue weighted by atomic mass is 32.2. The number of halogens is 3. The number of nitrogens with one attached hydrogen (secondary N) is 1. The molecule has 3 rings (SSSR count). The molecule has 3 aromatic rings. The van der Waals surface area contributed by atoms with Gasteiger partial charge in [-0.05, 0) is 42.0 Å². The van der Waals surface area contributed by atoms with Crippen molar-refractivity contribution in [3.63, 3.8) is 0 Å². The van der Waals surface area contributed by atoms with Crippen molar-refractivity contribution in [2.45, 2.75) is 11.1 Å². The monoisotopic (exact) mass is 539 g/mol. The topological polar surface area (TPSA) is 103 Å². The molecule has 3 aromatic carbocycles. The molecule has 2 N–H and O–H groups in total. The first-order chi connectivity index (χ1) is 17.4. The van der Waals surface area contributed by atoms with Crippen molar-refractivity contribution in [2.24, 2.45) is 0 Å². The van der Waals surface area contributed by atoms with Crippen molar-refractivity contribution in [3.8, 4) is 28.7 Å². The Morgan fingerprint density at radius 2 is 1.46 bits per heavy atom. The molecule has 0 saturated heterocycles. The predicted molar refractivity (Wildman–Crippen MR) is 132 cm³/mol. The lowest BCUT2D eigenvalue weighted by atomic mass is 10.1. The smallest absolute Gasteiger partial charge is 0.416 e. The quantitative estimate of drug-likeness (QED) is 0.277. The number of phenols is 1. The molecule has 8 nitrogen and oxygen atoms in total.